The van der Waals surface area contributed by atoms with E-state index in [1.54, 1.807) is 7.11 Å². The maximum Gasteiger partial charge on any atom is 0.259 e. The average molecular weight is 355 g/mol. The van der Waals surface area contributed by atoms with Crippen LogP contribution in [0.4, 0.5) is 0 Å². The van der Waals surface area contributed by atoms with Gasteiger partial charge in [0.15, 0.2) is 0 Å². The topological polar surface area (TPSA) is 87.0 Å². The summed E-state index contributed by atoms with van der Waals surface area (Å²) in [5, 5.41) is 5.75. The van der Waals surface area contributed by atoms with Crippen LogP contribution in [0, 0.1) is 0 Å². The van der Waals surface area contributed by atoms with Gasteiger partial charge in [0.05, 0.1) is 29.3 Å². The number of ether oxygens (including phenoxy) is 1. The van der Waals surface area contributed by atoms with Gasteiger partial charge in [-0.05, 0) is 24.3 Å². The number of hydrogen-bond acceptors (Lipinski definition) is 3. The van der Waals surface area contributed by atoms with Crippen molar-refractivity contribution in [2.75, 3.05) is 7.11 Å². The molecule has 6 nitrogen and oxygen atoms in total. The normalized spacial score (nSPS) is 13.8. The maximum absolute atomic E-state index is 12.7. The van der Waals surface area contributed by atoms with Crippen LogP contribution in [0.3, 0.4) is 0 Å². The minimum absolute atomic E-state index is 0.358. The predicted octanol–water partition coefficient (Wildman–Crippen LogP) is 3.85. The van der Waals surface area contributed by atoms with E-state index in [1.165, 1.54) is 0 Å². The van der Waals surface area contributed by atoms with Gasteiger partial charge in [-0.2, -0.15) is 0 Å². The second-order valence-corrected chi connectivity index (χ2v) is 6.74. The van der Waals surface area contributed by atoms with Crippen LogP contribution in [0.5, 0.6) is 5.75 Å². The molecule has 0 fully saturated rings. The molecule has 0 aliphatic carbocycles. The van der Waals surface area contributed by atoms with Crippen LogP contribution in [0.15, 0.2) is 42.5 Å². The second kappa shape index (κ2) is 4.67. The molecule has 3 N–H and O–H groups in total. The Bertz CT molecular complexity index is 1470. The number of hydrogen-bond donors (Lipinski definition) is 3. The van der Waals surface area contributed by atoms with Gasteiger partial charge in [0, 0.05) is 32.6 Å². The Balaban J connectivity index is 1.97. The van der Waals surface area contributed by atoms with Gasteiger partial charge in [0.1, 0.15) is 5.75 Å². The summed E-state index contributed by atoms with van der Waals surface area (Å²) < 4.78 is 5.35. The highest BCUT2D eigenvalue weighted by Crippen LogP contribution is 2.42. The molecule has 5 aromatic rings. The van der Waals surface area contributed by atoms with Crippen LogP contribution in [0.1, 0.15) is 20.7 Å². The van der Waals surface area contributed by atoms with Crippen molar-refractivity contribution in [2.24, 2.45) is 0 Å². The lowest BCUT2D eigenvalue weighted by Gasteiger charge is -2.03. The maximum atomic E-state index is 12.7. The first kappa shape index (κ1) is 14.4. The molecular formula is C21H13N3O3. The Morgan fingerprint density at radius 3 is 2.11 bits per heavy atom. The van der Waals surface area contributed by atoms with Gasteiger partial charge in [-0.15, -0.1) is 0 Å². The highest BCUT2D eigenvalue weighted by molar-refractivity contribution is 6.39. The van der Waals surface area contributed by atoms with Gasteiger partial charge in [0.2, 0.25) is 0 Å². The molecule has 0 saturated heterocycles. The van der Waals surface area contributed by atoms with Crippen LogP contribution < -0.4 is 10.1 Å². The first-order chi connectivity index (χ1) is 13.2. The molecule has 3 aromatic carbocycles. The number of aromatic nitrogens is 2. The summed E-state index contributed by atoms with van der Waals surface area (Å²) in [7, 11) is 1.60. The zero-order chi connectivity index (χ0) is 18.3. The molecule has 6 heteroatoms. The molecule has 0 unspecified atom stereocenters. The van der Waals surface area contributed by atoms with Crippen LogP contribution in [0.2, 0.25) is 0 Å². The molecule has 27 heavy (non-hydrogen) atoms. The van der Waals surface area contributed by atoms with E-state index < -0.39 is 0 Å². The van der Waals surface area contributed by atoms with E-state index in [0.29, 0.717) is 16.9 Å². The van der Waals surface area contributed by atoms with Crippen molar-refractivity contribution in [3.8, 4) is 5.75 Å². The van der Waals surface area contributed by atoms with Gasteiger partial charge in [-0.25, -0.2) is 0 Å². The summed E-state index contributed by atoms with van der Waals surface area (Å²) in [6.45, 7) is 0. The van der Waals surface area contributed by atoms with Crippen molar-refractivity contribution in [1.82, 2.24) is 15.3 Å². The van der Waals surface area contributed by atoms with E-state index in [1.807, 2.05) is 42.5 Å². The van der Waals surface area contributed by atoms with Crippen molar-refractivity contribution in [1.29, 1.82) is 0 Å². The number of amides is 2. The summed E-state index contributed by atoms with van der Waals surface area (Å²) in [5.41, 5.74) is 4.30. The molecule has 0 radical (unpaired) electrons. The molecular weight excluding hydrogens is 342 g/mol. The van der Waals surface area contributed by atoms with E-state index in [9.17, 15) is 9.59 Å². The summed E-state index contributed by atoms with van der Waals surface area (Å²) in [6.07, 6.45) is 0. The number of nitrogens with one attached hydrogen (secondary N) is 3. The van der Waals surface area contributed by atoms with Crippen molar-refractivity contribution in [2.45, 2.75) is 0 Å². The number of H-pyrrole nitrogens is 2. The molecule has 3 heterocycles. The molecule has 0 spiro atoms. The molecule has 130 valence electrons. The summed E-state index contributed by atoms with van der Waals surface area (Å²) in [4.78, 5) is 32.2. The molecule has 6 rings (SSSR count). The number of methoxy groups -OCH3 is 1. The fraction of sp³-hybridized carbons (Fsp3) is 0.0476. The lowest BCUT2D eigenvalue weighted by atomic mass is 9.97. The highest BCUT2D eigenvalue weighted by Gasteiger charge is 2.34. The van der Waals surface area contributed by atoms with Gasteiger partial charge in [-0.1, -0.05) is 18.2 Å². The van der Waals surface area contributed by atoms with E-state index >= 15 is 0 Å². The number of benzene rings is 3. The third-order valence-corrected chi connectivity index (χ3v) is 5.39. The van der Waals surface area contributed by atoms with Crippen LogP contribution in [-0.2, 0) is 0 Å². The van der Waals surface area contributed by atoms with Gasteiger partial charge >= 0.3 is 0 Å². The molecule has 0 saturated carbocycles. The first-order valence-corrected chi connectivity index (χ1v) is 8.59. The van der Waals surface area contributed by atoms with Crippen LogP contribution >= 0.6 is 0 Å². The van der Waals surface area contributed by atoms with E-state index in [-0.39, 0.29) is 11.8 Å². The van der Waals surface area contributed by atoms with Crippen molar-refractivity contribution in [3.63, 3.8) is 0 Å². The molecule has 2 amide bonds. The molecule has 2 aromatic heterocycles. The minimum atomic E-state index is -0.365. The number of aromatic amines is 2. The zero-order valence-corrected chi connectivity index (χ0v) is 14.3. The zero-order valence-electron chi connectivity index (χ0n) is 14.3. The summed E-state index contributed by atoms with van der Waals surface area (Å²) in [5.74, 6) is -0.0292. The Hall–Kier alpha value is -3.80. The monoisotopic (exact) mass is 355 g/mol. The SMILES string of the molecule is COc1ccc2[nH]c3c4[nH]c5ccccc5c4c4c(c3c2c1)C(=O)NC4=O. The van der Waals surface area contributed by atoms with Gasteiger partial charge in [0.25, 0.3) is 11.8 Å². The number of para-hydroxylation sites is 1. The predicted molar refractivity (Wildman–Crippen MR) is 104 cm³/mol. The third-order valence-electron chi connectivity index (χ3n) is 5.39. The largest absolute Gasteiger partial charge is 0.497 e. The van der Waals surface area contributed by atoms with Crippen molar-refractivity contribution >= 4 is 55.4 Å². The number of fused-ring (bicyclic) bond motifs is 10. The quantitative estimate of drug-likeness (QED) is 0.399. The standard InChI is InChI=1S/C21H13N3O3/c1-27-9-6-7-13-11(8-9)15-17-16(20(25)24-21(17)26)14-10-4-2-3-5-12(10)22-18(14)19(15)23-13/h2-8,22-23H,1H3,(H,24,25,26). The minimum Gasteiger partial charge on any atom is -0.497 e. The number of carbonyl (C=O) groups excluding carboxylic acids is 2. The lowest BCUT2D eigenvalue weighted by Crippen LogP contribution is -2.20. The van der Waals surface area contributed by atoms with Gasteiger partial charge in [-0.3, -0.25) is 14.9 Å². The van der Waals surface area contributed by atoms with Crippen molar-refractivity contribution in [3.05, 3.63) is 53.6 Å². The summed E-state index contributed by atoms with van der Waals surface area (Å²) in [6, 6.07) is 13.5. The van der Waals surface area contributed by atoms with Gasteiger partial charge < -0.3 is 14.7 Å². The summed E-state index contributed by atoms with van der Waals surface area (Å²) >= 11 is 0. The molecule has 1 aliphatic rings. The van der Waals surface area contributed by atoms with E-state index in [4.69, 9.17) is 4.74 Å². The Labute approximate surface area is 152 Å². The lowest BCUT2D eigenvalue weighted by molar-refractivity contribution is 0.0880. The number of rotatable bonds is 1. The smallest absolute Gasteiger partial charge is 0.259 e. The highest BCUT2D eigenvalue weighted by atomic mass is 16.5. The van der Waals surface area contributed by atoms with Crippen LogP contribution in [0.25, 0.3) is 43.6 Å². The Morgan fingerprint density at radius 2 is 1.41 bits per heavy atom. The average Bonchev–Trinajstić information content (AvgIpc) is 3.32. The number of carbonyl (C=O) groups is 2. The fourth-order valence-corrected chi connectivity index (χ4v) is 4.27. The molecule has 0 bridgehead atoms. The van der Waals surface area contributed by atoms with Crippen molar-refractivity contribution < 1.29 is 14.3 Å². The number of imide groups is 1. The second-order valence-electron chi connectivity index (χ2n) is 6.74. The fourth-order valence-electron chi connectivity index (χ4n) is 4.27. The van der Waals surface area contributed by atoms with E-state index in [0.717, 1.165) is 43.6 Å². The molecule has 0 atom stereocenters. The Morgan fingerprint density at radius 1 is 0.778 bits per heavy atom. The Kier molecular flexibility index (Phi) is 2.49. The molecule has 1 aliphatic heterocycles. The first-order valence-electron chi connectivity index (χ1n) is 8.59. The third kappa shape index (κ3) is 1.65. The van der Waals surface area contributed by atoms with Crippen LogP contribution in [-0.4, -0.2) is 28.9 Å². The van der Waals surface area contributed by atoms with E-state index in [2.05, 4.69) is 15.3 Å².